The van der Waals surface area contributed by atoms with Crippen LogP contribution in [-0.2, 0) is 16.6 Å². The van der Waals surface area contributed by atoms with Crippen molar-refractivity contribution >= 4 is 21.6 Å². The Morgan fingerprint density at radius 1 is 1.24 bits per heavy atom. The van der Waals surface area contributed by atoms with Crippen LogP contribution in [0.15, 0.2) is 35.4 Å². The van der Waals surface area contributed by atoms with Gasteiger partial charge >= 0.3 is 0 Å². The van der Waals surface area contributed by atoms with Crippen molar-refractivity contribution < 1.29 is 13.2 Å². The Balaban J connectivity index is 1.42. The molecule has 0 radical (unpaired) electrons. The van der Waals surface area contributed by atoms with Gasteiger partial charge in [0.15, 0.2) is 0 Å². The van der Waals surface area contributed by atoms with Crippen LogP contribution in [0.5, 0.6) is 0 Å². The number of para-hydroxylation sites is 1. The summed E-state index contributed by atoms with van der Waals surface area (Å²) in [5, 5.41) is 7.74. The molecular formula is C20H27N5O3S. The zero-order valence-corrected chi connectivity index (χ0v) is 17.6. The lowest BCUT2D eigenvalue weighted by atomic mass is 9.93. The average Bonchev–Trinajstić information content (AvgIpc) is 3.07. The molecule has 0 aliphatic carbocycles. The second-order valence-corrected chi connectivity index (χ2v) is 9.44. The van der Waals surface area contributed by atoms with E-state index in [9.17, 15) is 13.2 Å². The summed E-state index contributed by atoms with van der Waals surface area (Å²) in [4.78, 5) is 15.1. The lowest BCUT2D eigenvalue weighted by Gasteiger charge is -2.38. The van der Waals surface area contributed by atoms with Crippen LogP contribution in [0.1, 0.15) is 42.2 Å². The monoisotopic (exact) mass is 417 g/mol. The highest BCUT2D eigenvalue weighted by Crippen LogP contribution is 2.31. The lowest BCUT2D eigenvalue weighted by Crippen LogP contribution is -2.52. The van der Waals surface area contributed by atoms with E-state index in [1.165, 1.54) is 0 Å². The van der Waals surface area contributed by atoms with Gasteiger partial charge in [-0.2, -0.15) is 9.82 Å². The molecule has 4 rings (SSSR count). The van der Waals surface area contributed by atoms with Gasteiger partial charge in [-0.1, -0.05) is 19.1 Å². The van der Waals surface area contributed by atoms with E-state index in [0.717, 1.165) is 31.5 Å². The predicted octanol–water partition coefficient (Wildman–Crippen LogP) is 2.18. The van der Waals surface area contributed by atoms with Crippen LogP contribution in [0.2, 0.25) is 0 Å². The van der Waals surface area contributed by atoms with Crippen molar-refractivity contribution in [3.63, 3.8) is 0 Å². The number of likely N-dealkylation sites (tertiary alicyclic amines) is 1. The largest absolute Gasteiger partial charge is 0.368 e. The number of piperidine rings is 1. The number of hydrogen-bond donors (Lipinski definition) is 2. The van der Waals surface area contributed by atoms with Crippen LogP contribution in [-0.4, -0.2) is 48.3 Å². The third-order valence-electron chi connectivity index (χ3n) is 5.70. The molecule has 1 aromatic heterocycles. The molecule has 1 amide bonds. The number of amides is 1. The first-order valence-corrected chi connectivity index (χ1v) is 11.6. The molecule has 8 nitrogen and oxygen atoms in total. The Bertz CT molecular complexity index is 1010. The maximum absolute atomic E-state index is 12.9. The SMILES string of the molecule is CCCn1cc(C(=O)N2CCC([C@H]3Nc4ccccc4S(=O)(=O)N3)CC2)c(C)n1. The molecule has 0 spiro atoms. The molecule has 2 N–H and O–H groups in total. The maximum Gasteiger partial charge on any atom is 0.257 e. The van der Waals surface area contributed by atoms with Gasteiger partial charge < -0.3 is 10.2 Å². The molecule has 0 saturated carbocycles. The zero-order chi connectivity index (χ0) is 20.6. The Hall–Kier alpha value is -2.39. The van der Waals surface area contributed by atoms with Gasteiger partial charge in [0.2, 0.25) is 10.0 Å². The number of hydrogen-bond acceptors (Lipinski definition) is 5. The lowest BCUT2D eigenvalue weighted by molar-refractivity contribution is 0.0678. The van der Waals surface area contributed by atoms with E-state index in [2.05, 4.69) is 22.1 Å². The summed E-state index contributed by atoms with van der Waals surface area (Å²) in [6, 6.07) is 6.93. The summed E-state index contributed by atoms with van der Waals surface area (Å²) in [7, 11) is -3.53. The van der Waals surface area contributed by atoms with Crippen LogP contribution in [0, 0.1) is 12.8 Å². The van der Waals surface area contributed by atoms with Crippen molar-refractivity contribution in [3.8, 4) is 0 Å². The second kappa shape index (κ2) is 7.79. The molecule has 1 atom stereocenters. The maximum atomic E-state index is 12.9. The minimum Gasteiger partial charge on any atom is -0.368 e. The highest BCUT2D eigenvalue weighted by atomic mass is 32.2. The quantitative estimate of drug-likeness (QED) is 0.795. The van der Waals surface area contributed by atoms with Crippen molar-refractivity contribution in [1.82, 2.24) is 19.4 Å². The van der Waals surface area contributed by atoms with Crippen molar-refractivity contribution in [2.75, 3.05) is 18.4 Å². The van der Waals surface area contributed by atoms with Crippen LogP contribution in [0.25, 0.3) is 0 Å². The van der Waals surface area contributed by atoms with Gasteiger partial charge in [0, 0.05) is 25.8 Å². The standard InChI is InChI=1S/C20H27N5O3S/c1-3-10-25-13-16(14(2)22-25)20(26)24-11-8-15(9-12-24)19-21-17-6-4-5-7-18(17)29(27,28)23-19/h4-7,13,15,19,21,23H,3,8-12H2,1-2H3/t19-/m0/s1. The van der Waals surface area contributed by atoms with Gasteiger partial charge in [0.1, 0.15) is 4.90 Å². The number of sulfonamides is 1. The number of fused-ring (bicyclic) bond motifs is 1. The normalized spacial score (nSPS) is 21.4. The fourth-order valence-electron chi connectivity index (χ4n) is 4.14. The molecule has 2 aliphatic rings. The summed E-state index contributed by atoms with van der Waals surface area (Å²) < 4.78 is 29.7. The minimum absolute atomic E-state index is 0.00540. The predicted molar refractivity (Wildman–Crippen MR) is 110 cm³/mol. The Kier molecular flexibility index (Phi) is 5.35. The Morgan fingerprint density at radius 2 is 1.97 bits per heavy atom. The average molecular weight is 418 g/mol. The van der Waals surface area contributed by atoms with E-state index in [0.29, 0.717) is 24.3 Å². The number of aromatic nitrogens is 2. The summed E-state index contributed by atoms with van der Waals surface area (Å²) in [5.74, 6) is 0.122. The first kappa shape index (κ1) is 19.9. The van der Waals surface area contributed by atoms with Gasteiger partial charge in [-0.15, -0.1) is 0 Å². The van der Waals surface area contributed by atoms with Gasteiger partial charge in [0.25, 0.3) is 5.91 Å². The van der Waals surface area contributed by atoms with Gasteiger partial charge in [0.05, 0.1) is 23.1 Å². The molecule has 156 valence electrons. The molecule has 0 bridgehead atoms. The number of carbonyl (C=O) groups is 1. The number of nitrogens with one attached hydrogen (secondary N) is 2. The third-order valence-corrected chi connectivity index (χ3v) is 7.20. The third kappa shape index (κ3) is 3.89. The van der Waals surface area contributed by atoms with Crippen molar-refractivity contribution in [3.05, 3.63) is 41.7 Å². The van der Waals surface area contributed by atoms with E-state index in [1.54, 1.807) is 18.2 Å². The number of anilines is 1. The van der Waals surface area contributed by atoms with Gasteiger partial charge in [-0.05, 0) is 44.2 Å². The van der Waals surface area contributed by atoms with Crippen molar-refractivity contribution in [2.24, 2.45) is 5.92 Å². The van der Waals surface area contributed by atoms with E-state index < -0.39 is 10.0 Å². The van der Waals surface area contributed by atoms with E-state index in [1.807, 2.05) is 28.8 Å². The first-order valence-electron chi connectivity index (χ1n) is 10.1. The Labute approximate surface area is 171 Å². The fourth-order valence-corrected chi connectivity index (χ4v) is 5.53. The molecule has 1 aromatic carbocycles. The molecule has 3 heterocycles. The van der Waals surface area contributed by atoms with Crippen molar-refractivity contribution in [1.29, 1.82) is 0 Å². The smallest absolute Gasteiger partial charge is 0.257 e. The van der Waals surface area contributed by atoms with E-state index >= 15 is 0 Å². The van der Waals surface area contributed by atoms with Crippen molar-refractivity contribution in [2.45, 2.75) is 50.7 Å². The highest BCUT2D eigenvalue weighted by molar-refractivity contribution is 7.89. The number of rotatable bonds is 4. The van der Waals surface area contributed by atoms with Gasteiger partial charge in [-0.25, -0.2) is 8.42 Å². The number of aryl methyl sites for hydroxylation is 2. The molecule has 9 heteroatoms. The van der Waals surface area contributed by atoms with Crippen LogP contribution < -0.4 is 10.0 Å². The van der Waals surface area contributed by atoms with Crippen LogP contribution >= 0.6 is 0 Å². The number of benzene rings is 1. The molecule has 1 fully saturated rings. The van der Waals surface area contributed by atoms with E-state index in [4.69, 9.17) is 0 Å². The highest BCUT2D eigenvalue weighted by Gasteiger charge is 2.36. The van der Waals surface area contributed by atoms with E-state index in [-0.39, 0.29) is 22.9 Å². The molecule has 29 heavy (non-hydrogen) atoms. The topological polar surface area (TPSA) is 96.3 Å². The summed E-state index contributed by atoms with van der Waals surface area (Å²) in [6.07, 6.45) is 3.90. The fraction of sp³-hybridized carbons (Fsp3) is 0.500. The Morgan fingerprint density at radius 3 is 2.69 bits per heavy atom. The molecule has 0 unspecified atom stereocenters. The molecule has 2 aliphatic heterocycles. The summed E-state index contributed by atoms with van der Waals surface area (Å²) in [5.41, 5.74) is 2.04. The number of nitrogens with zero attached hydrogens (tertiary/aromatic N) is 3. The number of carbonyl (C=O) groups excluding carboxylic acids is 1. The molecule has 1 saturated heterocycles. The van der Waals surface area contributed by atoms with Crippen LogP contribution in [0.4, 0.5) is 5.69 Å². The second-order valence-electron chi connectivity index (χ2n) is 7.76. The zero-order valence-electron chi connectivity index (χ0n) is 16.8. The van der Waals surface area contributed by atoms with Crippen LogP contribution in [0.3, 0.4) is 0 Å². The molecular weight excluding hydrogens is 390 g/mol. The first-order chi connectivity index (χ1) is 13.9. The van der Waals surface area contributed by atoms with Gasteiger partial charge in [-0.3, -0.25) is 9.48 Å². The summed E-state index contributed by atoms with van der Waals surface area (Å²) in [6.45, 7) is 5.94. The summed E-state index contributed by atoms with van der Waals surface area (Å²) >= 11 is 0. The molecule has 2 aromatic rings. The minimum atomic E-state index is -3.53.